The Morgan fingerprint density at radius 3 is 2.27 bits per heavy atom. The van der Waals surface area contributed by atoms with Gasteiger partial charge in [0.15, 0.2) is 5.78 Å². The maximum atomic E-state index is 11.5. The molecular weight excluding hydrogens is 194 g/mol. The Balaban J connectivity index is 2.78. The lowest BCUT2D eigenvalue weighted by Gasteiger charge is -2.17. The zero-order valence-electron chi connectivity index (χ0n) is 8.50. The topological polar surface area (TPSA) is 83.5 Å². The largest absolute Gasteiger partial charge is 0.391 e. The molecule has 0 aliphatic rings. The van der Waals surface area contributed by atoms with Crippen LogP contribution in [0.2, 0.25) is 0 Å². The van der Waals surface area contributed by atoms with Gasteiger partial charge in [-0.2, -0.15) is 0 Å². The summed E-state index contributed by atoms with van der Waals surface area (Å²) in [5.74, 6) is -0.573. The first-order valence-electron chi connectivity index (χ1n) is 4.74. The van der Waals surface area contributed by atoms with E-state index in [1.54, 1.807) is 30.3 Å². The minimum atomic E-state index is -1.27. The Labute approximate surface area is 88.3 Å². The van der Waals surface area contributed by atoms with Crippen molar-refractivity contribution in [2.45, 2.75) is 25.2 Å². The molecule has 0 heterocycles. The first-order valence-corrected chi connectivity index (χ1v) is 4.74. The third-order valence-corrected chi connectivity index (χ3v) is 2.23. The second kappa shape index (κ2) is 5.02. The fourth-order valence-corrected chi connectivity index (χ4v) is 1.22. The second-order valence-corrected chi connectivity index (χ2v) is 3.48. The van der Waals surface area contributed by atoms with Gasteiger partial charge < -0.3 is 15.9 Å². The van der Waals surface area contributed by atoms with Crippen molar-refractivity contribution in [3.05, 3.63) is 35.9 Å². The predicted molar refractivity (Wildman–Crippen MR) is 56.1 cm³/mol. The van der Waals surface area contributed by atoms with Crippen LogP contribution in [-0.4, -0.2) is 28.1 Å². The molecule has 0 radical (unpaired) electrons. The number of benzene rings is 1. The van der Waals surface area contributed by atoms with Crippen LogP contribution in [0.1, 0.15) is 18.6 Å². The van der Waals surface area contributed by atoms with Crippen LogP contribution in [0.4, 0.5) is 0 Å². The molecule has 4 nitrogen and oxygen atoms in total. The molecule has 1 aromatic rings. The average molecular weight is 209 g/mol. The van der Waals surface area contributed by atoms with Crippen LogP contribution >= 0.6 is 0 Å². The van der Waals surface area contributed by atoms with Gasteiger partial charge in [-0.05, 0) is 12.5 Å². The molecule has 0 aliphatic heterocycles. The molecule has 0 spiro atoms. The van der Waals surface area contributed by atoms with Crippen LogP contribution in [0.3, 0.4) is 0 Å². The molecule has 3 atom stereocenters. The Morgan fingerprint density at radius 1 is 1.27 bits per heavy atom. The van der Waals surface area contributed by atoms with Crippen LogP contribution in [0.15, 0.2) is 30.3 Å². The lowest BCUT2D eigenvalue weighted by Crippen LogP contribution is -2.42. The summed E-state index contributed by atoms with van der Waals surface area (Å²) in [5.41, 5.74) is 5.92. The first kappa shape index (κ1) is 11.8. The normalized spacial score (nSPS) is 16.8. The molecule has 0 aliphatic carbocycles. The summed E-state index contributed by atoms with van der Waals surface area (Å²) >= 11 is 0. The highest BCUT2D eigenvalue weighted by Crippen LogP contribution is 2.15. The van der Waals surface area contributed by atoms with Crippen molar-refractivity contribution >= 4 is 5.78 Å². The van der Waals surface area contributed by atoms with E-state index in [0.29, 0.717) is 5.56 Å². The summed E-state index contributed by atoms with van der Waals surface area (Å²) in [4.78, 5) is 11.5. The maximum Gasteiger partial charge on any atom is 0.185 e. The van der Waals surface area contributed by atoms with Crippen molar-refractivity contribution in [1.82, 2.24) is 0 Å². The van der Waals surface area contributed by atoms with Gasteiger partial charge in [-0.15, -0.1) is 0 Å². The third kappa shape index (κ3) is 2.86. The average Bonchev–Trinajstić information content (AvgIpc) is 2.27. The van der Waals surface area contributed by atoms with Crippen molar-refractivity contribution in [2.75, 3.05) is 0 Å². The Morgan fingerprint density at radius 2 is 1.80 bits per heavy atom. The summed E-state index contributed by atoms with van der Waals surface area (Å²) < 4.78 is 0. The molecular formula is C11H15NO3. The van der Waals surface area contributed by atoms with E-state index in [1.807, 2.05) is 0 Å². The Bertz CT molecular complexity index is 324. The molecule has 1 aromatic carbocycles. The number of aliphatic hydroxyl groups is 2. The minimum Gasteiger partial charge on any atom is -0.391 e. The smallest absolute Gasteiger partial charge is 0.185 e. The maximum absolute atomic E-state index is 11.5. The van der Waals surface area contributed by atoms with Crippen molar-refractivity contribution < 1.29 is 15.0 Å². The summed E-state index contributed by atoms with van der Waals surface area (Å²) in [6.45, 7) is 1.42. The highest BCUT2D eigenvalue weighted by molar-refractivity contribution is 5.89. The van der Waals surface area contributed by atoms with Crippen LogP contribution in [0.25, 0.3) is 0 Å². The van der Waals surface area contributed by atoms with Gasteiger partial charge in [-0.3, -0.25) is 4.79 Å². The zero-order valence-corrected chi connectivity index (χ0v) is 8.50. The van der Waals surface area contributed by atoms with Crippen molar-refractivity contribution in [2.24, 2.45) is 5.73 Å². The molecule has 0 bridgehead atoms. The van der Waals surface area contributed by atoms with Crippen LogP contribution < -0.4 is 5.73 Å². The van der Waals surface area contributed by atoms with Gasteiger partial charge in [-0.25, -0.2) is 0 Å². The zero-order chi connectivity index (χ0) is 11.4. The number of carbonyl (C=O) groups is 1. The van der Waals surface area contributed by atoms with Crippen molar-refractivity contribution in [1.29, 1.82) is 0 Å². The fourth-order valence-electron chi connectivity index (χ4n) is 1.22. The van der Waals surface area contributed by atoms with Crippen LogP contribution in [-0.2, 0) is 4.79 Å². The molecule has 15 heavy (non-hydrogen) atoms. The van der Waals surface area contributed by atoms with Gasteiger partial charge in [0.1, 0.15) is 6.10 Å². The van der Waals surface area contributed by atoms with Crippen molar-refractivity contribution in [3.8, 4) is 0 Å². The molecule has 0 saturated carbocycles. The molecule has 4 N–H and O–H groups in total. The first-order chi connectivity index (χ1) is 7.04. The van der Waals surface area contributed by atoms with E-state index in [-0.39, 0.29) is 0 Å². The highest BCUT2D eigenvalue weighted by atomic mass is 16.3. The molecule has 1 rings (SSSR count). The number of aliphatic hydroxyl groups excluding tert-OH is 2. The highest BCUT2D eigenvalue weighted by Gasteiger charge is 2.26. The molecule has 0 aromatic heterocycles. The Kier molecular flexibility index (Phi) is 3.96. The molecule has 1 unspecified atom stereocenters. The number of rotatable bonds is 4. The molecule has 82 valence electrons. The van der Waals surface area contributed by atoms with E-state index in [4.69, 9.17) is 10.8 Å². The Hall–Kier alpha value is -1.23. The van der Waals surface area contributed by atoms with Gasteiger partial charge in [-0.1, -0.05) is 30.3 Å². The lowest BCUT2D eigenvalue weighted by atomic mass is 9.98. The van der Waals surface area contributed by atoms with E-state index in [0.717, 1.165) is 0 Å². The summed E-state index contributed by atoms with van der Waals surface area (Å²) in [6.07, 6.45) is -2.23. The number of hydrogen-bond acceptors (Lipinski definition) is 4. The molecule has 0 amide bonds. The number of ketones is 1. The van der Waals surface area contributed by atoms with E-state index >= 15 is 0 Å². The minimum absolute atomic E-state index is 0.485. The predicted octanol–water partition coefficient (Wildman–Crippen LogP) is -0.00280. The van der Waals surface area contributed by atoms with E-state index < -0.39 is 24.0 Å². The SMILES string of the molecule is C[C@@H](O)[C@H](N)C(=O)C(O)c1ccccc1. The standard InChI is InChI=1S/C11H15NO3/c1-7(13)9(12)11(15)10(14)8-5-3-2-4-6-8/h2-7,9-10,13-14H,12H2,1H3/t7-,9+,10?/m1/s1. The number of Topliss-reactive ketones (excluding diaryl/α,β-unsaturated/α-hetero) is 1. The van der Waals surface area contributed by atoms with E-state index in [2.05, 4.69) is 0 Å². The molecule has 0 saturated heterocycles. The fraction of sp³-hybridized carbons (Fsp3) is 0.364. The van der Waals surface area contributed by atoms with Crippen molar-refractivity contribution in [3.63, 3.8) is 0 Å². The van der Waals surface area contributed by atoms with E-state index in [1.165, 1.54) is 6.92 Å². The summed E-state index contributed by atoms with van der Waals surface area (Å²) in [6, 6.07) is 7.45. The monoisotopic (exact) mass is 209 g/mol. The van der Waals surface area contributed by atoms with Gasteiger partial charge in [0.2, 0.25) is 0 Å². The molecule has 0 fully saturated rings. The summed E-state index contributed by atoms with van der Waals surface area (Å²) in [5, 5.41) is 18.8. The summed E-state index contributed by atoms with van der Waals surface area (Å²) in [7, 11) is 0. The molecule has 4 heteroatoms. The van der Waals surface area contributed by atoms with Crippen LogP contribution in [0.5, 0.6) is 0 Å². The van der Waals surface area contributed by atoms with Gasteiger partial charge >= 0.3 is 0 Å². The van der Waals surface area contributed by atoms with Crippen LogP contribution in [0, 0.1) is 0 Å². The number of carbonyl (C=O) groups excluding carboxylic acids is 1. The van der Waals surface area contributed by atoms with Gasteiger partial charge in [0, 0.05) is 0 Å². The van der Waals surface area contributed by atoms with Gasteiger partial charge in [0.05, 0.1) is 12.1 Å². The second-order valence-electron chi connectivity index (χ2n) is 3.48. The third-order valence-electron chi connectivity index (χ3n) is 2.23. The van der Waals surface area contributed by atoms with E-state index in [9.17, 15) is 9.90 Å². The lowest BCUT2D eigenvalue weighted by molar-refractivity contribution is -0.130. The number of nitrogens with two attached hydrogens (primary N) is 1. The van der Waals surface area contributed by atoms with Gasteiger partial charge in [0.25, 0.3) is 0 Å². The number of hydrogen-bond donors (Lipinski definition) is 3. The quantitative estimate of drug-likeness (QED) is 0.651.